The van der Waals surface area contributed by atoms with E-state index >= 15 is 0 Å². The molecule has 4 rings (SSSR count). The van der Waals surface area contributed by atoms with Gasteiger partial charge in [-0.25, -0.2) is 0 Å². The van der Waals surface area contributed by atoms with Crippen LogP contribution in [0.15, 0.2) is 52.9 Å². The highest BCUT2D eigenvalue weighted by atomic mass is 16.5. The summed E-state index contributed by atoms with van der Waals surface area (Å²) in [6.07, 6.45) is 0.652. The van der Waals surface area contributed by atoms with Crippen LogP contribution in [-0.2, 0) is 0 Å². The first-order chi connectivity index (χ1) is 12.4. The minimum atomic E-state index is -0.382. The van der Waals surface area contributed by atoms with Crippen molar-refractivity contribution < 1.29 is 18.7 Å². The van der Waals surface area contributed by atoms with Crippen molar-refractivity contribution >= 4 is 16.9 Å². The number of hydrogen-bond donors (Lipinski definition) is 1. The summed E-state index contributed by atoms with van der Waals surface area (Å²) in [5.74, 6) is 1.56. The van der Waals surface area contributed by atoms with Crippen molar-refractivity contribution in [3.63, 3.8) is 0 Å². The van der Waals surface area contributed by atoms with Crippen LogP contribution in [0, 0.1) is 0 Å². The summed E-state index contributed by atoms with van der Waals surface area (Å²) >= 11 is 0. The smallest absolute Gasteiger partial charge is 0.287 e. The van der Waals surface area contributed by atoms with Gasteiger partial charge >= 0.3 is 0 Å². The van der Waals surface area contributed by atoms with E-state index in [0.717, 1.165) is 22.4 Å². The van der Waals surface area contributed by atoms with Gasteiger partial charge in [-0.3, -0.25) is 4.79 Å². The summed E-state index contributed by atoms with van der Waals surface area (Å²) in [5, 5.41) is 4.00. The minimum Gasteiger partial charge on any atom is -0.497 e. The van der Waals surface area contributed by atoms with Crippen LogP contribution in [0.2, 0.25) is 0 Å². The molecule has 1 aliphatic heterocycles. The lowest BCUT2D eigenvalue weighted by molar-refractivity contribution is 0.0610. The van der Waals surface area contributed by atoms with Gasteiger partial charge in [-0.05, 0) is 44.2 Å². The van der Waals surface area contributed by atoms with E-state index in [2.05, 4.69) is 5.32 Å². The maximum Gasteiger partial charge on any atom is 0.287 e. The van der Waals surface area contributed by atoms with Crippen LogP contribution in [0.3, 0.4) is 0 Å². The number of amides is 1. The second-order valence-electron chi connectivity index (χ2n) is 7.14. The molecule has 1 amide bonds. The number of rotatable bonds is 3. The van der Waals surface area contributed by atoms with E-state index in [0.29, 0.717) is 17.8 Å². The third kappa shape index (κ3) is 3.01. The predicted molar refractivity (Wildman–Crippen MR) is 98.7 cm³/mol. The SMILES string of the molecule is COc1ccc2c(c1)C(NC(=O)c1cc3ccccc3o1)CC(C)(C)O2. The van der Waals surface area contributed by atoms with E-state index in [-0.39, 0.29) is 17.6 Å². The molecule has 0 bridgehead atoms. The number of fused-ring (bicyclic) bond motifs is 2. The molecule has 1 unspecified atom stereocenters. The van der Waals surface area contributed by atoms with E-state index in [4.69, 9.17) is 13.9 Å². The average Bonchev–Trinajstić information content (AvgIpc) is 3.05. The summed E-state index contributed by atoms with van der Waals surface area (Å²) in [4.78, 5) is 12.8. The fourth-order valence-electron chi connectivity index (χ4n) is 3.41. The Bertz CT molecular complexity index is 940. The Kier molecular flexibility index (Phi) is 3.87. The number of furan rings is 1. The number of carbonyl (C=O) groups excluding carboxylic acids is 1. The molecule has 0 radical (unpaired) electrons. The Morgan fingerprint density at radius 2 is 2.00 bits per heavy atom. The fraction of sp³-hybridized carbons (Fsp3) is 0.286. The molecular formula is C21H21NO4. The molecule has 5 nitrogen and oxygen atoms in total. The number of benzene rings is 2. The van der Waals surface area contributed by atoms with E-state index in [1.807, 2.05) is 56.3 Å². The van der Waals surface area contributed by atoms with Gasteiger partial charge < -0.3 is 19.2 Å². The Hall–Kier alpha value is -2.95. The van der Waals surface area contributed by atoms with Gasteiger partial charge in [0.2, 0.25) is 0 Å². The van der Waals surface area contributed by atoms with Crippen molar-refractivity contribution in [3.05, 3.63) is 59.9 Å². The van der Waals surface area contributed by atoms with Crippen molar-refractivity contribution in [1.82, 2.24) is 5.32 Å². The first-order valence-electron chi connectivity index (χ1n) is 8.61. The van der Waals surface area contributed by atoms with Crippen LogP contribution in [0.1, 0.15) is 42.4 Å². The van der Waals surface area contributed by atoms with Crippen LogP contribution >= 0.6 is 0 Å². The first kappa shape index (κ1) is 16.5. The lowest BCUT2D eigenvalue weighted by atomic mass is 9.89. The number of para-hydroxylation sites is 1. The standard InChI is InChI=1S/C21H21NO4/c1-21(2)12-16(15-11-14(24-3)8-9-18(15)26-21)22-20(23)19-10-13-6-4-5-7-17(13)25-19/h4-11,16H,12H2,1-3H3,(H,22,23). The summed E-state index contributed by atoms with van der Waals surface area (Å²) in [6, 6.07) is 14.8. The van der Waals surface area contributed by atoms with Gasteiger partial charge in [0, 0.05) is 17.4 Å². The lowest BCUT2D eigenvalue weighted by Crippen LogP contribution is -2.41. The van der Waals surface area contributed by atoms with Crippen molar-refractivity contribution in [1.29, 1.82) is 0 Å². The van der Waals surface area contributed by atoms with Crippen LogP contribution in [-0.4, -0.2) is 18.6 Å². The van der Waals surface area contributed by atoms with E-state index in [1.165, 1.54) is 0 Å². The van der Waals surface area contributed by atoms with Crippen molar-refractivity contribution in [2.24, 2.45) is 0 Å². The second-order valence-corrected chi connectivity index (χ2v) is 7.14. The average molecular weight is 351 g/mol. The highest BCUT2D eigenvalue weighted by Gasteiger charge is 2.35. The molecule has 2 heterocycles. The van der Waals surface area contributed by atoms with Crippen LogP contribution in [0.5, 0.6) is 11.5 Å². The Morgan fingerprint density at radius 1 is 1.19 bits per heavy atom. The summed E-state index contributed by atoms with van der Waals surface area (Å²) < 4.78 is 17.1. The third-order valence-corrected chi connectivity index (χ3v) is 4.63. The van der Waals surface area contributed by atoms with Crippen molar-refractivity contribution in [2.75, 3.05) is 7.11 Å². The topological polar surface area (TPSA) is 60.7 Å². The molecule has 1 aliphatic rings. The van der Waals surface area contributed by atoms with Gasteiger partial charge in [-0.15, -0.1) is 0 Å². The zero-order valence-corrected chi connectivity index (χ0v) is 15.0. The third-order valence-electron chi connectivity index (χ3n) is 4.63. The van der Waals surface area contributed by atoms with Gasteiger partial charge in [0.05, 0.1) is 13.2 Å². The fourth-order valence-corrected chi connectivity index (χ4v) is 3.41. The number of carbonyl (C=O) groups is 1. The summed E-state index contributed by atoms with van der Waals surface area (Å²) in [5.41, 5.74) is 1.23. The highest BCUT2D eigenvalue weighted by molar-refractivity contribution is 5.96. The molecule has 0 fully saturated rings. The quantitative estimate of drug-likeness (QED) is 0.756. The molecule has 134 valence electrons. The largest absolute Gasteiger partial charge is 0.497 e. The van der Waals surface area contributed by atoms with Gasteiger partial charge in [0.15, 0.2) is 5.76 Å². The predicted octanol–water partition coefficient (Wildman–Crippen LogP) is 4.47. The zero-order chi connectivity index (χ0) is 18.3. The second kappa shape index (κ2) is 6.09. The molecule has 1 atom stereocenters. The molecule has 26 heavy (non-hydrogen) atoms. The summed E-state index contributed by atoms with van der Waals surface area (Å²) in [6.45, 7) is 4.03. The Morgan fingerprint density at radius 3 is 2.77 bits per heavy atom. The van der Waals surface area contributed by atoms with Crippen molar-refractivity contribution in [3.8, 4) is 11.5 Å². The Labute approximate surface area is 151 Å². The lowest BCUT2D eigenvalue weighted by Gasteiger charge is -2.37. The van der Waals surface area contributed by atoms with Gasteiger partial charge in [0.25, 0.3) is 5.91 Å². The molecule has 0 spiro atoms. The maximum atomic E-state index is 12.8. The summed E-state index contributed by atoms with van der Waals surface area (Å²) in [7, 11) is 1.62. The van der Waals surface area contributed by atoms with Crippen LogP contribution in [0.25, 0.3) is 11.0 Å². The molecule has 0 saturated carbocycles. The van der Waals surface area contributed by atoms with Crippen LogP contribution < -0.4 is 14.8 Å². The van der Waals surface area contributed by atoms with Crippen LogP contribution in [0.4, 0.5) is 0 Å². The van der Waals surface area contributed by atoms with Gasteiger partial charge in [-0.1, -0.05) is 18.2 Å². The number of hydrogen-bond acceptors (Lipinski definition) is 4. The molecule has 3 aromatic rings. The first-order valence-corrected chi connectivity index (χ1v) is 8.61. The molecule has 2 aromatic carbocycles. The molecule has 1 aromatic heterocycles. The van der Waals surface area contributed by atoms with E-state index in [1.54, 1.807) is 13.2 Å². The van der Waals surface area contributed by atoms with Gasteiger partial charge in [-0.2, -0.15) is 0 Å². The molecular weight excluding hydrogens is 330 g/mol. The zero-order valence-electron chi connectivity index (χ0n) is 15.0. The Balaban J connectivity index is 1.65. The van der Waals surface area contributed by atoms with E-state index < -0.39 is 0 Å². The minimum absolute atomic E-state index is 0.190. The molecule has 5 heteroatoms. The monoisotopic (exact) mass is 351 g/mol. The molecule has 0 saturated heterocycles. The molecule has 1 N–H and O–H groups in total. The maximum absolute atomic E-state index is 12.8. The number of ether oxygens (including phenoxy) is 2. The molecule has 0 aliphatic carbocycles. The number of methoxy groups -OCH3 is 1. The number of nitrogens with one attached hydrogen (secondary N) is 1. The van der Waals surface area contributed by atoms with E-state index in [9.17, 15) is 4.79 Å². The normalized spacial score (nSPS) is 18.0. The van der Waals surface area contributed by atoms with Gasteiger partial charge in [0.1, 0.15) is 22.7 Å². The highest BCUT2D eigenvalue weighted by Crippen LogP contribution is 2.41. The van der Waals surface area contributed by atoms with Crippen molar-refractivity contribution in [2.45, 2.75) is 31.9 Å².